The Labute approximate surface area is 103 Å². The second kappa shape index (κ2) is 3.97. The predicted molar refractivity (Wildman–Crippen MR) is 68.9 cm³/mol. The van der Waals surface area contributed by atoms with E-state index in [1.807, 2.05) is 0 Å². The van der Waals surface area contributed by atoms with Gasteiger partial charge in [-0.25, -0.2) is 0 Å². The number of carbonyl (C=O) groups is 1. The van der Waals surface area contributed by atoms with Gasteiger partial charge >= 0.3 is 0 Å². The average Bonchev–Trinajstić information content (AvgIpc) is 3.23. The SMILES string of the molecule is CC1(c2ccccc2)CC1CCC(=O)C1CC1. The molecule has 3 rings (SSSR count). The Kier molecular flexibility index (Phi) is 2.57. The molecule has 0 bridgehead atoms. The van der Waals surface area contributed by atoms with E-state index in [1.165, 1.54) is 12.0 Å². The summed E-state index contributed by atoms with van der Waals surface area (Å²) < 4.78 is 0. The Morgan fingerprint density at radius 3 is 2.65 bits per heavy atom. The normalized spacial score (nSPS) is 31.2. The van der Waals surface area contributed by atoms with Crippen LogP contribution in [0.5, 0.6) is 0 Å². The molecule has 2 aliphatic rings. The third kappa shape index (κ3) is 2.15. The molecule has 1 nitrogen and oxygen atoms in total. The molecule has 2 atom stereocenters. The van der Waals surface area contributed by atoms with Gasteiger partial charge in [0.15, 0.2) is 0 Å². The standard InChI is InChI=1S/C16H20O/c1-16(13-5-3-2-4-6-13)11-14(16)9-10-15(17)12-7-8-12/h2-6,12,14H,7-11H2,1H3. The summed E-state index contributed by atoms with van der Waals surface area (Å²) in [6, 6.07) is 10.8. The smallest absolute Gasteiger partial charge is 0.135 e. The van der Waals surface area contributed by atoms with E-state index in [-0.39, 0.29) is 0 Å². The van der Waals surface area contributed by atoms with E-state index in [0.717, 1.165) is 31.6 Å². The Morgan fingerprint density at radius 1 is 1.29 bits per heavy atom. The molecular formula is C16H20O. The molecule has 2 saturated carbocycles. The van der Waals surface area contributed by atoms with E-state index in [0.29, 0.717) is 17.1 Å². The Hall–Kier alpha value is -1.11. The van der Waals surface area contributed by atoms with E-state index >= 15 is 0 Å². The number of ketones is 1. The lowest BCUT2D eigenvalue weighted by Gasteiger charge is -2.11. The third-order valence-electron chi connectivity index (χ3n) is 4.62. The molecule has 0 aliphatic heterocycles. The van der Waals surface area contributed by atoms with Gasteiger partial charge in [0.25, 0.3) is 0 Å². The van der Waals surface area contributed by atoms with Gasteiger partial charge in [-0.1, -0.05) is 37.3 Å². The van der Waals surface area contributed by atoms with Crippen molar-refractivity contribution in [3.8, 4) is 0 Å². The monoisotopic (exact) mass is 228 g/mol. The average molecular weight is 228 g/mol. The first-order valence-corrected chi connectivity index (χ1v) is 6.78. The van der Waals surface area contributed by atoms with Crippen molar-refractivity contribution in [2.75, 3.05) is 0 Å². The molecular weight excluding hydrogens is 208 g/mol. The van der Waals surface area contributed by atoms with Crippen LogP contribution in [0.3, 0.4) is 0 Å². The molecule has 1 aromatic carbocycles. The summed E-state index contributed by atoms with van der Waals surface area (Å²) in [5, 5.41) is 0. The fourth-order valence-electron chi connectivity index (χ4n) is 2.97. The summed E-state index contributed by atoms with van der Waals surface area (Å²) in [5.41, 5.74) is 1.80. The van der Waals surface area contributed by atoms with Crippen molar-refractivity contribution < 1.29 is 4.79 Å². The fraction of sp³-hybridized carbons (Fsp3) is 0.562. The molecule has 0 spiro atoms. The highest BCUT2D eigenvalue weighted by molar-refractivity contribution is 5.83. The maximum atomic E-state index is 11.7. The molecule has 0 amide bonds. The van der Waals surface area contributed by atoms with Gasteiger partial charge in [-0.2, -0.15) is 0 Å². The summed E-state index contributed by atoms with van der Waals surface area (Å²) >= 11 is 0. The van der Waals surface area contributed by atoms with Crippen molar-refractivity contribution in [3.63, 3.8) is 0 Å². The van der Waals surface area contributed by atoms with Crippen LogP contribution in [0.15, 0.2) is 30.3 Å². The van der Waals surface area contributed by atoms with Crippen molar-refractivity contribution in [2.45, 2.75) is 44.4 Å². The van der Waals surface area contributed by atoms with Crippen LogP contribution >= 0.6 is 0 Å². The van der Waals surface area contributed by atoms with E-state index in [9.17, 15) is 4.79 Å². The zero-order valence-corrected chi connectivity index (χ0v) is 10.5. The minimum Gasteiger partial charge on any atom is -0.299 e. The van der Waals surface area contributed by atoms with Gasteiger partial charge in [0.05, 0.1) is 0 Å². The van der Waals surface area contributed by atoms with Gasteiger partial charge in [0.1, 0.15) is 5.78 Å². The molecule has 1 heteroatoms. The van der Waals surface area contributed by atoms with Crippen molar-refractivity contribution in [3.05, 3.63) is 35.9 Å². The molecule has 17 heavy (non-hydrogen) atoms. The summed E-state index contributed by atoms with van der Waals surface area (Å²) in [6.45, 7) is 2.34. The van der Waals surface area contributed by atoms with Crippen LogP contribution in [-0.4, -0.2) is 5.78 Å². The van der Waals surface area contributed by atoms with Gasteiger partial charge < -0.3 is 0 Å². The fourth-order valence-corrected chi connectivity index (χ4v) is 2.97. The molecule has 0 N–H and O–H groups in total. The van der Waals surface area contributed by atoms with Crippen LogP contribution in [0.2, 0.25) is 0 Å². The highest BCUT2D eigenvalue weighted by atomic mass is 16.1. The van der Waals surface area contributed by atoms with E-state index in [2.05, 4.69) is 37.3 Å². The molecule has 0 aromatic heterocycles. The topological polar surface area (TPSA) is 17.1 Å². The predicted octanol–water partition coefficient (Wildman–Crippen LogP) is 3.72. The second-order valence-electron chi connectivity index (χ2n) is 5.96. The lowest BCUT2D eigenvalue weighted by molar-refractivity contribution is -0.120. The number of carbonyl (C=O) groups excluding carboxylic acids is 1. The minimum atomic E-state index is 0.352. The molecule has 2 unspecified atom stereocenters. The van der Waals surface area contributed by atoms with Crippen LogP contribution in [-0.2, 0) is 10.2 Å². The maximum absolute atomic E-state index is 11.7. The summed E-state index contributed by atoms with van der Waals surface area (Å²) in [7, 11) is 0. The lowest BCUT2D eigenvalue weighted by atomic mass is 9.93. The number of Topliss-reactive ketones (excluding diaryl/α,β-unsaturated/α-hetero) is 1. The van der Waals surface area contributed by atoms with Crippen LogP contribution in [0.1, 0.15) is 44.6 Å². The third-order valence-corrected chi connectivity index (χ3v) is 4.62. The second-order valence-corrected chi connectivity index (χ2v) is 5.96. The van der Waals surface area contributed by atoms with Gasteiger partial charge in [0.2, 0.25) is 0 Å². The van der Waals surface area contributed by atoms with E-state index < -0.39 is 0 Å². The number of hydrogen-bond donors (Lipinski definition) is 0. The van der Waals surface area contributed by atoms with Gasteiger partial charge in [-0.05, 0) is 42.6 Å². The van der Waals surface area contributed by atoms with Crippen LogP contribution < -0.4 is 0 Å². The first-order valence-electron chi connectivity index (χ1n) is 6.78. The van der Waals surface area contributed by atoms with Crippen LogP contribution in [0.25, 0.3) is 0 Å². The zero-order valence-electron chi connectivity index (χ0n) is 10.5. The summed E-state index contributed by atoms with van der Waals surface area (Å²) in [6.07, 6.45) is 5.48. The first-order chi connectivity index (χ1) is 8.20. The summed E-state index contributed by atoms with van der Waals surface area (Å²) in [4.78, 5) is 11.7. The lowest BCUT2D eigenvalue weighted by Crippen LogP contribution is -2.06. The largest absolute Gasteiger partial charge is 0.299 e. The summed E-state index contributed by atoms with van der Waals surface area (Å²) in [5.74, 6) is 1.69. The van der Waals surface area contributed by atoms with Crippen molar-refractivity contribution >= 4 is 5.78 Å². The molecule has 90 valence electrons. The number of benzene rings is 1. The van der Waals surface area contributed by atoms with Crippen LogP contribution in [0.4, 0.5) is 0 Å². The van der Waals surface area contributed by atoms with Crippen molar-refractivity contribution in [1.29, 1.82) is 0 Å². The van der Waals surface area contributed by atoms with Crippen molar-refractivity contribution in [1.82, 2.24) is 0 Å². The van der Waals surface area contributed by atoms with Gasteiger partial charge in [-0.3, -0.25) is 4.79 Å². The molecule has 0 saturated heterocycles. The zero-order chi connectivity index (χ0) is 11.9. The molecule has 2 fully saturated rings. The molecule has 2 aliphatic carbocycles. The first kappa shape index (κ1) is 11.0. The minimum absolute atomic E-state index is 0.352. The number of rotatable bonds is 5. The van der Waals surface area contributed by atoms with Gasteiger partial charge in [-0.15, -0.1) is 0 Å². The Balaban J connectivity index is 1.56. The Bertz CT molecular complexity index is 418. The number of hydrogen-bond acceptors (Lipinski definition) is 1. The molecule has 0 radical (unpaired) electrons. The van der Waals surface area contributed by atoms with Crippen molar-refractivity contribution in [2.24, 2.45) is 11.8 Å². The van der Waals surface area contributed by atoms with E-state index in [1.54, 1.807) is 0 Å². The quantitative estimate of drug-likeness (QED) is 0.750. The maximum Gasteiger partial charge on any atom is 0.135 e. The molecule has 1 aromatic rings. The molecule has 0 heterocycles. The highest BCUT2D eigenvalue weighted by Gasteiger charge is 2.50. The van der Waals surface area contributed by atoms with E-state index in [4.69, 9.17) is 0 Å². The Morgan fingerprint density at radius 2 is 2.00 bits per heavy atom. The van der Waals surface area contributed by atoms with Crippen LogP contribution in [0, 0.1) is 11.8 Å². The highest BCUT2D eigenvalue weighted by Crippen LogP contribution is 2.56. The van der Waals surface area contributed by atoms with Gasteiger partial charge in [0, 0.05) is 12.3 Å².